The van der Waals surface area contributed by atoms with Gasteiger partial charge < -0.3 is 5.84 Å². The average Bonchev–Trinajstić information content (AvgIpc) is 1.98. The summed E-state index contributed by atoms with van der Waals surface area (Å²) in [7, 11) is 0. The molecule has 0 atom stereocenters. The van der Waals surface area contributed by atoms with Crippen LogP contribution < -0.4 is 5.84 Å². The highest BCUT2D eigenvalue weighted by Gasteiger charge is 1.98. The van der Waals surface area contributed by atoms with Gasteiger partial charge in [-0.05, 0) is 18.2 Å². The van der Waals surface area contributed by atoms with Crippen molar-refractivity contribution in [3.05, 3.63) is 34.1 Å². The van der Waals surface area contributed by atoms with Gasteiger partial charge in [-0.15, -0.1) is 0 Å². The first-order valence-corrected chi connectivity index (χ1v) is 3.71. The smallest absolute Gasteiger partial charge is 0.132 e. The van der Waals surface area contributed by atoms with E-state index in [0.717, 1.165) is 4.47 Å². The van der Waals surface area contributed by atoms with Crippen molar-refractivity contribution >= 4 is 22.1 Å². The molecule has 58 valence electrons. The molecular weight excluding hydrogens is 211 g/mol. The lowest BCUT2D eigenvalue weighted by Crippen LogP contribution is -1.90. The van der Waals surface area contributed by atoms with Crippen molar-refractivity contribution in [2.75, 3.05) is 0 Å². The fraction of sp³-hybridized carbons (Fsp3) is 0. The van der Waals surface area contributed by atoms with Gasteiger partial charge in [-0.3, -0.25) is 0 Å². The molecule has 0 aromatic heterocycles. The summed E-state index contributed by atoms with van der Waals surface area (Å²) in [5.41, 5.74) is 0.377. The van der Waals surface area contributed by atoms with Gasteiger partial charge >= 0.3 is 0 Å². The number of halogens is 2. The number of nitrogens with two attached hydrogens (primary N) is 1. The maximum atomic E-state index is 12.8. The van der Waals surface area contributed by atoms with Crippen LogP contribution in [-0.2, 0) is 0 Å². The third-order valence-electron chi connectivity index (χ3n) is 1.17. The lowest BCUT2D eigenvalue weighted by molar-refractivity contribution is 0.625. The van der Waals surface area contributed by atoms with Crippen molar-refractivity contribution in [1.82, 2.24) is 0 Å². The largest absolute Gasteiger partial charge is 0.323 e. The van der Waals surface area contributed by atoms with Gasteiger partial charge in [0.25, 0.3) is 0 Å². The SMILES string of the molecule is N/N=C/c1cc(Br)ccc1F. The quantitative estimate of drug-likeness (QED) is 0.435. The van der Waals surface area contributed by atoms with Crippen molar-refractivity contribution < 1.29 is 4.39 Å². The summed E-state index contributed by atoms with van der Waals surface area (Å²) in [5.74, 6) is 4.54. The Labute approximate surface area is 72.0 Å². The van der Waals surface area contributed by atoms with Crippen LogP contribution in [0.15, 0.2) is 27.8 Å². The van der Waals surface area contributed by atoms with Crippen LogP contribution in [-0.4, -0.2) is 6.21 Å². The summed E-state index contributed by atoms with van der Waals surface area (Å²) in [6.07, 6.45) is 1.26. The van der Waals surface area contributed by atoms with E-state index in [-0.39, 0.29) is 5.82 Å². The molecule has 0 fully saturated rings. The highest BCUT2D eigenvalue weighted by atomic mass is 79.9. The zero-order valence-electron chi connectivity index (χ0n) is 5.59. The fourth-order valence-electron chi connectivity index (χ4n) is 0.694. The summed E-state index contributed by atoms with van der Waals surface area (Å²) in [6.45, 7) is 0. The molecule has 0 spiro atoms. The Bertz CT molecular complexity index is 286. The van der Waals surface area contributed by atoms with Gasteiger partial charge in [0.1, 0.15) is 5.82 Å². The molecule has 0 unspecified atom stereocenters. The molecule has 0 amide bonds. The summed E-state index contributed by atoms with van der Waals surface area (Å²) < 4.78 is 13.6. The van der Waals surface area contributed by atoms with Crippen molar-refractivity contribution in [2.45, 2.75) is 0 Å². The molecule has 1 aromatic carbocycles. The molecule has 1 rings (SSSR count). The van der Waals surface area contributed by atoms with Crippen molar-refractivity contribution in [3.63, 3.8) is 0 Å². The van der Waals surface area contributed by atoms with Gasteiger partial charge in [-0.1, -0.05) is 15.9 Å². The molecular formula is C7H6BrFN2. The summed E-state index contributed by atoms with van der Waals surface area (Å²) in [5, 5.41) is 3.22. The minimum Gasteiger partial charge on any atom is -0.323 e. The Balaban J connectivity index is 3.12. The van der Waals surface area contributed by atoms with E-state index in [0.29, 0.717) is 5.56 Å². The molecule has 0 heterocycles. The van der Waals surface area contributed by atoms with Crippen molar-refractivity contribution in [2.24, 2.45) is 10.9 Å². The second-order valence-electron chi connectivity index (χ2n) is 1.94. The Hall–Kier alpha value is -0.900. The van der Waals surface area contributed by atoms with Crippen LogP contribution in [0.4, 0.5) is 4.39 Å². The van der Waals surface area contributed by atoms with Gasteiger partial charge in [0, 0.05) is 10.0 Å². The van der Waals surface area contributed by atoms with Crippen LogP contribution in [0.3, 0.4) is 0 Å². The summed E-state index contributed by atoms with van der Waals surface area (Å²) in [6, 6.07) is 4.57. The van der Waals surface area contributed by atoms with Crippen LogP contribution in [0.2, 0.25) is 0 Å². The number of hydrogen-bond acceptors (Lipinski definition) is 2. The predicted molar refractivity (Wildman–Crippen MR) is 45.9 cm³/mol. The van der Waals surface area contributed by atoms with Crippen molar-refractivity contribution in [3.8, 4) is 0 Å². The maximum absolute atomic E-state index is 12.8. The highest BCUT2D eigenvalue weighted by molar-refractivity contribution is 9.10. The van der Waals surface area contributed by atoms with E-state index in [1.807, 2.05) is 0 Å². The first-order valence-electron chi connectivity index (χ1n) is 2.92. The van der Waals surface area contributed by atoms with Gasteiger partial charge in [-0.2, -0.15) is 5.10 Å². The third kappa shape index (κ3) is 2.01. The monoisotopic (exact) mass is 216 g/mol. The van der Waals surface area contributed by atoms with Crippen LogP contribution in [0.5, 0.6) is 0 Å². The van der Waals surface area contributed by atoms with E-state index in [4.69, 9.17) is 5.84 Å². The molecule has 0 bridgehead atoms. The van der Waals surface area contributed by atoms with Gasteiger partial charge in [0.05, 0.1) is 6.21 Å². The van der Waals surface area contributed by atoms with E-state index in [1.54, 1.807) is 12.1 Å². The zero-order valence-corrected chi connectivity index (χ0v) is 7.18. The standard InChI is InChI=1S/C7H6BrFN2/c8-6-1-2-7(9)5(3-6)4-11-10/h1-4H,10H2/b11-4+. The van der Waals surface area contributed by atoms with Crippen LogP contribution >= 0.6 is 15.9 Å². The van der Waals surface area contributed by atoms with E-state index < -0.39 is 0 Å². The zero-order chi connectivity index (χ0) is 8.27. The first kappa shape index (κ1) is 8.20. The number of hydrogen-bond donors (Lipinski definition) is 1. The molecule has 0 saturated heterocycles. The van der Waals surface area contributed by atoms with Crippen LogP contribution in [0, 0.1) is 5.82 Å². The minimum absolute atomic E-state index is 0.331. The lowest BCUT2D eigenvalue weighted by Gasteiger charge is -1.95. The Morgan fingerprint density at radius 1 is 1.55 bits per heavy atom. The molecule has 2 nitrogen and oxygen atoms in total. The van der Waals surface area contributed by atoms with Crippen LogP contribution in [0.25, 0.3) is 0 Å². The Morgan fingerprint density at radius 3 is 2.91 bits per heavy atom. The number of benzene rings is 1. The minimum atomic E-state index is -0.331. The lowest BCUT2D eigenvalue weighted by atomic mass is 10.2. The molecule has 0 aliphatic heterocycles. The Morgan fingerprint density at radius 2 is 2.27 bits per heavy atom. The van der Waals surface area contributed by atoms with E-state index in [9.17, 15) is 4.39 Å². The average molecular weight is 217 g/mol. The van der Waals surface area contributed by atoms with E-state index in [2.05, 4.69) is 21.0 Å². The Kier molecular flexibility index (Phi) is 2.59. The summed E-state index contributed by atoms with van der Waals surface area (Å²) in [4.78, 5) is 0. The first-order chi connectivity index (χ1) is 5.24. The van der Waals surface area contributed by atoms with E-state index in [1.165, 1.54) is 12.3 Å². The highest BCUT2D eigenvalue weighted by Crippen LogP contribution is 2.13. The van der Waals surface area contributed by atoms with Gasteiger partial charge in [0.15, 0.2) is 0 Å². The molecule has 11 heavy (non-hydrogen) atoms. The summed E-state index contributed by atoms with van der Waals surface area (Å²) >= 11 is 3.20. The second kappa shape index (κ2) is 3.48. The molecule has 4 heteroatoms. The van der Waals surface area contributed by atoms with Crippen molar-refractivity contribution in [1.29, 1.82) is 0 Å². The molecule has 0 aliphatic carbocycles. The molecule has 0 aliphatic rings. The molecule has 0 radical (unpaired) electrons. The normalized spacial score (nSPS) is 10.7. The molecule has 2 N–H and O–H groups in total. The predicted octanol–water partition coefficient (Wildman–Crippen LogP) is 1.88. The third-order valence-corrected chi connectivity index (χ3v) is 1.66. The number of hydrazone groups is 1. The molecule has 1 aromatic rings. The molecule has 0 saturated carbocycles. The van der Waals surface area contributed by atoms with Crippen LogP contribution in [0.1, 0.15) is 5.56 Å². The van der Waals surface area contributed by atoms with Gasteiger partial charge in [-0.25, -0.2) is 4.39 Å². The number of nitrogens with zero attached hydrogens (tertiary/aromatic N) is 1. The number of rotatable bonds is 1. The van der Waals surface area contributed by atoms with Gasteiger partial charge in [0.2, 0.25) is 0 Å². The second-order valence-corrected chi connectivity index (χ2v) is 2.86. The topological polar surface area (TPSA) is 38.4 Å². The fourth-order valence-corrected chi connectivity index (χ4v) is 1.07. The van der Waals surface area contributed by atoms with E-state index >= 15 is 0 Å². The maximum Gasteiger partial charge on any atom is 0.132 e.